The molecule has 1 aliphatic carbocycles. The normalized spacial score (nSPS) is 21.9. The molecule has 150 valence electrons. The monoisotopic (exact) mass is 414 g/mol. The molecule has 1 heterocycles. The first-order valence-electron chi connectivity index (χ1n) is 10.2. The first-order valence-corrected chi connectivity index (χ1v) is 10.6. The van der Waals surface area contributed by atoms with Crippen molar-refractivity contribution in [1.29, 1.82) is 0 Å². The zero-order chi connectivity index (χ0) is 20.5. The minimum atomic E-state index is 0.304. The summed E-state index contributed by atoms with van der Waals surface area (Å²) >= 11 is 6.20. The lowest BCUT2D eigenvalue weighted by Gasteiger charge is -2.37. The van der Waals surface area contributed by atoms with Gasteiger partial charge in [-0.3, -0.25) is 4.99 Å². The van der Waals surface area contributed by atoms with Crippen LogP contribution in [-0.4, -0.2) is 13.3 Å². The molecule has 0 saturated heterocycles. The molecular weight excluding hydrogens is 392 g/mol. The topological polar surface area (TPSA) is 33.6 Å². The van der Waals surface area contributed by atoms with Gasteiger partial charge in [0.2, 0.25) is 0 Å². The van der Waals surface area contributed by atoms with Crippen molar-refractivity contribution in [2.75, 3.05) is 12.4 Å². The summed E-state index contributed by atoms with van der Waals surface area (Å²) in [7, 11) is 1.61. The van der Waals surface area contributed by atoms with Gasteiger partial charge in [-0.05, 0) is 65.4 Å². The molecule has 5 rings (SSSR count). The molecule has 2 aliphatic rings. The van der Waals surface area contributed by atoms with E-state index in [4.69, 9.17) is 16.3 Å². The first kappa shape index (κ1) is 19.0. The van der Waals surface area contributed by atoms with Crippen molar-refractivity contribution in [2.24, 2.45) is 10.9 Å². The van der Waals surface area contributed by atoms with E-state index in [-0.39, 0.29) is 0 Å². The van der Waals surface area contributed by atoms with Crippen molar-refractivity contribution in [1.82, 2.24) is 0 Å². The minimum absolute atomic E-state index is 0.304. The predicted octanol–water partition coefficient (Wildman–Crippen LogP) is 6.93. The van der Waals surface area contributed by atoms with Crippen LogP contribution in [0.3, 0.4) is 0 Å². The average Bonchev–Trinajstić information content (AvgIpc) is 3.28. The van der Waals surface area contributed by atoms with Crippen LogP contribution in [0.5, 0.6) is 5.75 Å². The Hall–Kier alpha value is -3.04. The second-order valence-electron chi connectivity index (χ2n) is 7.81. The number of rotatable bonds is 4. The van der Waals surface area contributed by atoms with Crippen molar-refractivity contribution in [3.8, 4) is 5.75 Å². The van der Waals surface area contributed by atoms with Crippen LogP contribution in [0.15, 0.2) is 83.9 Å². The summed E-state index contributed by atoms with van der Waals surface area (Å²) in [5.41, 5.74) is 5.81. The maximum Gasteiger partial charge on any atom is 0.137 e. The van der Waals surface area contributed by atoms with Gasteiger partial charge in [0, 0.05) is 17.8 Å². The van der Waals surface area contributed by atoms with Crippen LogP contribution in [0.2, 0.25) is 5.02 Å². The molecule has 0 bridgehead atoms. The van der Waals surface area contributed by atoms with E-state index in [2.05, 4.69) is 71.0 Å². The average molecular weight is 415 g/mol. The number of halogens is 1. The Morgan fingerprint density at radius 1 is 1.07 bits per heavy atom. The second-order valence-corrected chi connectivity index (χ2v) is 8.21. The molecule has 3 atom stereocenters. The second kappa shape index (κ2) is 8.00. The maximum absolute atomic E-state index is 6.20. The molecule has 0 aromatic heterocycles. The SMILES string of the molecule is COc1ccc(C=Nc2ccc([C@@H]3Nc4ccccc4[C@H]4C=CC[C@H]43)cc2)cc1Cl. The van der Waals surface area contributed by atoms with Crippen molar-refractivity contribution in [3.63, 3.8) is 0 Å². The summed E-state index contributed by atoms with van der Waals surface area (Å²) < 4.78 is 5.20. The molecule has 1 N–H and O–H groups in total. The van der Waals surface area contributed by atoms with Crippen molar-refractivity contribution >= 4 is 29.2 Å². The molecule has 0 spiro atoms. The van der Waals surface area contributed by atoms with Crippen LogP contribution in [-0.2, 0) is 0 Å². The van der Waals surface area contributed by atoms with Gasteiger partial charge < -0.3 is 10.1 Å². The molecule has 3 aromatic carbocycles. The highest BCUT2D eigenvalue weighted by atomic mass is 35.5. The highest BCUT2D eigenvalue weighted by Gasteiger charge is 2.37. The van der Waals surface area contributed by atoms with Gasteiger partial charge >= 0.3 is 0 Å². The number of para-hydroxylation sites is 1. The van der Waals surface area contributed by atoms with Crippen LogP contribution < -0.4 is 10.1 Å². The van der Waals surface area contributed by atoms with E-state index in [9.17, 15) is 0 Å². The maximum atomic E-state index is 6.20. The Bertz CT molecular complexity index is 1120. The third kappa shape index (κ3) is 3.50. The minimum Gasteiger partial charge on any atom is -0.495 e. The van der Waals surface area contributed by atoms with E-state index in [0.29, 0.717) is 28.6 Å². The Morgan fingerprint density at radius 2 is 1.90 bits per heavy atom. The Balaban J connectivity index is 1.36. The van der Waals surface area contributed by atoms with Crippen LogP contribution in [0.25, 0.3) is 0 Å². The summed E-state index contributed by atoms with van der Waals surface area (Å²) in [6, 6.07) is 23.2. The summed E-state index contributed by atoms with van der Waals surface area (Å²) in [6.07, 6.45) is 7.63. The highest BCUT2D eigenvalue weighted by molar-refractivity contribution is 6.32. The van der Waals surface area contributed by atoms with Gasteiger partial charge in [0.15, 0.2) is 0 Å². The highest BCUT2D eigenvalue weighted by Crippen LogP contribution is 2.49. The molecule has 0 radical (unpaired) electrons. The Labute approximate surface area is 182 Å². The van der Waals surface area contributed by atoms with Crippen LogP contribution in [0, 0.1) is 5.92 Å². The summed E-state index contributed by atoms with van der Waals surface area (Å²) in [5, 5.41) is 4.36. The fourth-order valence-corrected chi connectivity index (χ4v) is 4.82. The third-order valence-electron chi connectivity index (χ3n) is 6.06. The molecule has 0 fully saturated rings. The lowest BCUT2D eigenvalue weighted by Crippen LogP contribution is -2.28. The summed E-state index contributed by atoms with van der Waals surface area (Å²) in [4.78, 5) is 4.60. The van der Waals surface area contributed by atoms with E-state index in [1.807, 2.05) is 24.4 Å². The molecule has 0 unspecified atom stereocenters. The largest absolute Gasteiger partial charge is 0.495 e. The van der Waals surface area contributed by atoms with Crippen LogP contribution in [0.1, 0.15) is 35.1 Å². The molecule has 3 aromatic rings. The van der Waals surface area contributed by atoms with Gasteiger partial charge in [-0.1, -0.05) is 54.1 Å². The van der Waals surface area contributed by atoms with E-state index in [1.54, 1.807) is 7.11 Å². The van der Waals surface area contributed by atoms with Crippen molar-refractivity contribution in [2.45, 2.75) is 18.4 Å². The Morgan fingerprint density at radius 3 is 2.70 bits per heavy atom. The number of aliphatic imine (C=N–C) groups is 1. The lowest BCUT2D eigenvalue weighted by atomic mass is 9.77. The molecule has 0 amide bonds. The number of benzene rings is 3. The van der Waals surface area contributed by atoms with Crippen molar-refractivity contribution in [3.05, 3.63) is 101 Å². The summed E-state index contributed by atoms with van der Waals surface area (Å²) in [6.45, 7) is 0. The fraction of sp³-hybridized carbons (Fsp3) is 0.192. The van der Waals surface area contributed by atoms with Gasteiger partial charge in [0.05, 0.1) is 23.9 Å². The number of hydrogen-bond donors (Lipinski definition) is 1. The van der Waals surface area contributed by atoms with Crippen molar-refractivity contribution < 1.29 is 4.74 Å². The molecular formula is C26H23ClN2O. The molecule has 4 heteroatoms. The number of hydrogen-bond acceptors (Lipinski definition) is 3. The smallest absolute Gasteiger partial charge is 0.137 e. The molecule has 1 aliphatic heterocycles. The van der Waals surface area contributed by atoms with Gasteiger partial charge in [0.1, 0.15) is 5.75 Å². The number of nitrogens with zero attached hydrogens (tertiary/aromatic N) is 1. The number of methoxy groups -OCH3 is 1. The van der Waals surface area contributed by atoms with Gasteiger partial charge in [-0.15, -0.1) is 0 Å². The van der Waals surface area contributed by atoms with Crippen LogP contribution >= 0.6 is 11.6 Å². The van der Waals surface area contributed by atoms with E-state index in [0.717, 1.165) is 17.7 Å². The predicted molar refractivity (Wildman–Crippen MR) is 124 cm³/mol. The molecule has 0 saturated carbocycles. The van der Waals surface area contributed by atoms with E-state index < -0.39 is 0 Å². The van der Waals surface area contributed by atoms with Gasteiger partial charge in [-0.2, -0.15) is 0 Å². The van der Waals surface area contributed by atoms with E-state index >= 15 is 0 Å². The van der Waals surface area contributed by atoms with Crippen LogP contribution in [0.4, 0.5) is 11.4 Å². The molecule has 3 nitrogen and oxygen atoms in total. The number of anilines is 1. The molecule has 30 heavy (non-hydrogen) atoms. The quantitative estimate of drug-likeness (QED) is 0.371. The van der Waals surface area contributed by atoms with Gasteiger partial charge in [-0.25, -0.2) is 0 Å². The summed E-state index contributed by atoms with van der Waals surface area (Å²) in [5.74, 6) is 1.71. The first-order chi connectivity index (χ1) is 14.7. The third-order valence-corrected chi connectivity index (χ3v) is 6.36. The number of fused-ring (bicyclic) bond motifs is 3. The number of nitrogens with one attached hydrogen (secondary N) is 1. The standard InChI is InChI=1S/C26H23ClN2O/c1-30-25-14-9-17(15-23(25)27)16-28-19-12-10-18(11-13-19)26-22-7-4-6-20(22)21-5-2-3-8-24(21)29-26/h2-6,8-16,20,22,26,29H,7H2,1H3/t20-,22-,26+/m1/s1. The number of ether oxygens (including phenoxy) is 1. The lowest BCUT2D eigenvalue weighted by molar-refractivity contribution is 0.415. The van der Waals surface area contributed by atoms with E-state index in [1.165, 1.54) is 16.8 Å². The fourth-order valence-electron chi connectivity index (χ4n) is 4.55. The zero-order valence-electron chi connectivity index (χ0n) is 16.8. The zero-order valence-corrected chi connectivity index (χ0v) is 17.5. The number of allylic oxidation sites excluding steroid dienone is 2. The Kier molecular flexibility index (Phi) is 5.06. The van der Waals surface area contributed by atoms with Gasteiger partial charge in [0.25, 0.3) is 0 Å².